The maximum absolute atomic E-state index is 12.7. The fraction of sp³-hybridized carbons (Fsp3) is 0.316. The third kappa shape index (κ3) is 4.29. The average molecular weight is 392 g/mol. The van der Waals surface area contributed by atoms with Gasteiger partial charge >= 0.3 is 0 Å². The molecule has 4 nitrogen and oxygen atoms in total. The average Bonchev–Trinajstić information content (AvgIpc) is 2.59. The van der Waals surface area contributed by atoms with Crippen LogP contribution in [0.1, 0.15) is 35.8 Å². The van der Waals surface area contributed by atoms with Crippen LogP contribution in [0.4, 0.5) is 0 Å². The van der Waals surface area contributed by atoms with Gasteiger partial charge in [-0.3, -0.25) is 4.79 Å². The van der Waals surface area contributed by atoms with E-state index in [1.54, 1.807) is 20.3 Å². The van der Waals surface area contributed by atoms with Crippen LogP contribution in [0.25, 0.3) is 0 Å². The van der Waals surface area contributed by atoms with Crippen molar-refractivity contribution >= 4 is 21.8 Å². The summed E-state index contributed by atoms with van der Waals surface area (Å²) < 4.78 is 11.1. The number of rotatable bonds is 6. The lowest BCUT2D eigenvalue weighted by Gasteiger charge is -2.23. The highest BCUT2D eigenvalue weighted by Crippen LogP contribution is 2.27. The number of amides is 1. The van der Waals surface area contributed by atoms with Gasteiger partial charge in [0.1, 0.15) is 11.5 Å². The lowest BCUT2D eigenvalue weighted by atomic mass is 9.95. The zero-order valence-electron chi connectivity index (χ0n) is 14.3. The molecule has 0 aliphatic carbocycles. The van der Waals surface area contributed by atoms with Crippen molar-refractivity contribution in [2.75, 3.05) is 14.2 Å². The Kier molecular flexibility index (Phi) is 6.26. The van der Waals surface area contributed by atoms with Gasteiger partial charge in [-0.15, -0.1) is 0 Å². The summed E-state index contributed by atoms with van der Waals surface area (Å²) in [5, 5.41) is 3.11. The number of benzene rings is 2. The zero-order valence-corrected chi connectivity index (χ0v) is 15.9. The molecule has 0 aliphatic heterocycles. The van der Waals surface area contributed by atoms with E-state index in [1.165, 1.54) is 0 Å². The highest BCUT2D eigenvalue weighted by Gasteiger charge is 2.21. The molecule has 0 spiro atoms. The Morgan fingerprint density at radius 3 is 2.12 bits per heavy atom. The van der Waals surface area contributed by atoms with Gasteiger partial charge in [0.05, 0.1) is 25.8 Å². The molecule has 2 aromatic carbocycles. The topological polar surface area (TPSA) is 47.6 Å². The number of carbonyl (C=O) groups is 1. The van der Waals surface area contributed by atoms with Gasteiger partial charge in [-0.25, -0.2) is 0 Å². The summed E-state index contributed by atoms with van der Waals surface area (Å²) in [6.45, 7) is 4.16. The fourth-order valence-corrected chi connectivity index (χ4v) is 2.90. The summed E-state index contributed by atoms with van der Waals surface area (Å²) in [6, 6.07) is 13.0. The standard InChI is InChI=1S/C19H22BrNO3/c1-12(2)18(13-5-7-14(23-3)8-6-13)21-19(22)16-11-15(24-4)9-10-17(16)20/h5-12,18H,1-4H3,(H,21,22). The Hall–Kier alpha value is -2.01. The van der Waals surface area contributed by atoms with Crippen molar-refractivity contribution in [3.63, 3.8) is 0 Å². The predicted molar refractivity (Wildman–Crippen MR) is 98.7 cm³/mol. The molecule has 128 valence electrons. The minimum Gasteiger partial charge on any atom is -0.497 e. The highest BCUT2D eigenvalue weighted by molar-refractivity contribution is 9.10. The van der Waals surface area contributed by atoms with Crippen molar-refractivity contribution in [1.29, 1.82) is 0 Å². The molecule has 2 rings (SSSR count). The molecular formula is C19H22BrNO3. The van der Waals surface area contributed by atoms with Gasteiger partial charge in [-0.1, -0.05) is 26.0 Å². The Bertz CT molecular complexity index is 698. The van der Waals surface area contributed by atoms with E-state index in [0.717, 1.165) is 15.8 Å². The van der Waals surface area contributed by atoms with Crippen LogP contribution in [0.15, 0.2) is 46.9 Å². The van der Waals surface area contributed by atoms with Gasteiger partial charge in [-0.05, 0) is 57.7 Å². The van der Waals surface area contributed by atoms with Gasteiger partial charge in [-0.2, -0.15) is 0 Å². The second-order valence-corrected chi connectivity index (χ2v) is 6.67. The molecule has 1 amide bonds. The molecule has 0 fully saturated rings. The zero-order chi connectivity index (χ0) is 17.7. The van der Waals surface area contributed by atoms with Gasteiger partial charge in [0, 0.05) is 4.47 Å². The van der Waals surface area contributed by atoms with Crippen molar-refractivity contribution in [2.45, 2.75) is 19.9 Å². The van der Waals surface area contributed by atoms with Crippen LogP contribution >= 0.6 is 15.9 Å². The Balaban J connectivity index is 2.25. The Labute approximate surface area is 151 Å². The molecule has 0 aromatic heterocycles. The molecule has 0 aliphatic rings. The molecule has 1 N–H and O–H groups in total. The van der Waals surface area contributed by atoms with Crippen LogP contribution in [-0.4, -0.2) is 20.1 Å². The second-order valence-electron chi connectivity index (χ2n) is 5.81. The van der Waals surface area contributed by atoms with Crippen LogP contribution in [-0.2, 0) is 0 Å². The first kappa shape index (κ1) is 18.3. The van der Waals surface area contributed by atoms with Crippen LogP contribution in [0, 0.1) is 5.92 Å². The number of halogens is 1. The van der Waals surface area contributed by atoms with Gasteiger partial charge < -0.3 is 14.8 Å². The summed E-state index contributed by atoms with van der Waals surface area (Å²) in [7, 11) is 3.22. The fourth-order valence-electron chi connectivity index (χ4n) is 2.47. The third-order valence-electron chi connectivity index (χ3n) is 3.85. The molecule has 2 aromatic rings. The van der Waals surface area contributed by atoms with E-state index in [-0.39, 0.29) is 17.9 Å². The minimum absolute atomic E-state index is 0.0958. The quantitative estimate of drug-likeness (QED) is 0.782. The van der Waals surface area contributed by atoms with E-state index in [4.69, 9.17) is 9.47 Å². The molecular weight excluding hydrogens is 370 g/mol. The SMILES string of the molecule is COc1ccc(C(NC(=O)c2cc(OC)ccc2Br)C(C)C)cc1. The van der Waals surface area contributed by atoms with E-state index in [9.17, 15) is 4.79 Å². The van der Waals surface area contributed by atoms with Crippen molar-refractivity contribution in [1.82, 2.24) is 5.32 Å². The van der Waals surface area contributed by atoms with E-state index < -0.39 is 0 Å². The predicted octanol–water partition coefficient (Wildman–Crippen LogP) is 4.59. The smallest absolute Gasteiger partial charge is 0.253 e. The first-order chi connectivity index (χ1) is 11.5. The number of methoxy groups -OCH3 is 2. The van der Waals surface area contributed by atoms with Crippen LogP contribution in [0.5, 0.6) is 11.5 Å². The molecule has 0 bridgehead atoms. The number of ether oxygens (including phenoxy) is 2. The Morgan fingerprint density at radius 2 is 1.58 bits per heavy atom. The van der Waals surface area contributed by atoms with Crippen molar-refractivity contribution in [3.05, 3.63) is 58.1 Å². The Morgan fingerprint density at radius 1 is 1.00 bits per heavy atom. The number of carbonyl (C=O) groups excluding carboxylic acids is 1. The molecule has 5 heteroatoms. The van der Waals surface area contributed by atoms with Gasteiger partial charge in [0.2, 0.25) is 0 Å². The van der Waals surface area contributed by atoms with E-state index >= 15 is 0 Å². The second kappa shape index (κ2) is 8.20. The van der Waals surface area contributed by atoms with Crippen molar-refractivity contribution in [2.24, 2.45) is 5.92 Å². The molecule has 24 heavy (non-hydrogen) atoms. The monoisotopic (exact) mass is 391 g/mol. The minimum atomic E-state index is -0.143. The molecule has 0 radical (unpaired) electrons. The molecule has 1 unspecified atom stereocenters. The van der Waals surface area contributed by atoms with E-state index in [1.807, 2.05) is 36.4 Å². The highest BCUT2D eigenvalue weighted by atomic mass is 79.9. The summed E-state index contributed by atoms with van der Waals surface area (Å²) in [5.41, 5.74) is 1.59. The number of nitrogens with one attached hydrogen (secondary N) is 1. The lowest BCUT2D eigenvalue weighted by molar-refractivity contribution is 0.0924. The summed E-state index contributed by atoms with van der Waals surface area (Å²) in [6.07, 6.45) is 0. The summed E-state index contributed by atoms with van der Waals surface area (Å²) in [4.78, 5) is 12.7. The van der Waals surface area contributed by atoms with Crippen LogP contribution in [0.3, 0.4) is 0 Å². The van der Waals surface area contributed by atoms with Crippen molar-refractivity contribution in [3.8, 4) is 11.5 Å². The maximum atomic E-state index is 12.7. The number of hydrogen-bond acceptors (Lipinski definition) is 3. The summed E-state index contributed by atoms with van der Waals surface area (Å²) in [5.74, 6) is 1.54. The summed E-state index contributed by atoms with van der Waals surface area (Å²) >= 11 is 3.43. The number of hydrogen-bond donors (Lipinski definition) is 1. The molecule has 0 saturated heterocycles. The van der Waals surface area contributed by atoms with Crippen LogP contribution in [0.2, 0.25) is 0 Å². The molecule has 0 saturated carbocycles. The first-order valence-corrected chi connectivity index (χ1v) is 8.54. The van der Waals surface area contributed by atoms with Gasteiger partial charge in [0.25, 0.3) is 5.91 Å². The normalized spacial score (nSPS) is 11.9. The lowest BCUT2D eigenvalue weighted by Crippen LogP contribution is -2.32. The molecule has 1 atom stereocenters. The first-order valence-electron chi connectivity index (χ1n) is 7.74. The maximum Gasteiger partial charge on any atom is 0.253 e. The van der Waals surface area contributed by atoms with Gasteiger partial charge in [0.15, 0.2) is 0 Å². The van der Waals surface area contributed by atoms with Crippen molar-refractivity contribution < 1.29 is 14.3 Å². The largest absolute Gasteiger partial charge is 0.497 e. The van der Waals surface area contributed by atoms with Crippen LogP contribution < -0.4 is 14.8 Å². The van der Waals surface area contributed by atoms with E-state index in [0.29, 0.717) is 11.3 Å². The third-order valence-corrected chi connectivity index (χ3v) is 4.54. The van der Waals surface area contributed by atoms with E-state index in [2.05, 4.69) is 35.1 Å². The molecule has 0 heterocycles.